The van der Waals surface area contributed by atoms with Crippen LogP contribution in [0.4, 0.5) is 0 Å². The molecule has 0 heterocycles. The van der Waals surface area contributed by atoms with Crippen molar-refractivity contribution in [3.05, 3.63) is 0 Å². The zero-order chi connectivity index (χ0) is 11.2. The van der Waals surface area contributed by atoms with Gasteiger partial charge >= 0.3 is 0 Å². The Hall–Kier alpha value is 0.430. The first-order valence-corrected chi connectivity index (χ1v) is 8.54. The fraction of sp³-hybridized carbons (Fsp3) is 1.00. The molecule has 0 aromatic heterocycles. The van der Waals surface area contributed by atoms with Gasteiger partial charge in [0.2, 0.25) is 0 Å². The van der Waals surface area contributed by atoms with Crippen LogP contribution in [0.5, 0.6) is 0 Å². The zero-order valence-corrected chi connectivity index (χ0v) is 12.0. The molecule has 0 nitrogen and oxygen atoms in total. The third-order valence-electron chi connectivity index (χ3n) is 2.88. The van der Waals surface area contributed by atoms with Crippen molar-refractivity contribution in [1.82, 2.24) is 0 Å². The molecule has 0 saturated carbocycles. The third kappa shape index (κ3) is 14.4. The first kappa shape index (κ1) is 15.4. The molecule has 0 bridgehead atoms. The molecule has 0 radical (unpaired) electrons. The van der Waals surface area contributed by atoms with Gasteiger partial charge in [-0.15, -0.1) is 8.58 Å². The highest BCUT2D eigenvalue weighted by Crippen LogP contribution is 2.15. The van der Waals surface area contributed by atoms with Crippen LogP contribution >= 0.6 is 8.58 Å². The van der Waals surface area contributed by atoms with Crippen molar-refractivity contribution in [2.75, 3.05) is 12.3 Å². The average molecular weight is 230 g/mol. The maximum absolute atomic E-state index is 2.29. The van der Waals surface area contributed by atoms with E-state index in [1.165, 1.54) is 85.1 Å². The summed E-state index contributed by atoms with van der Waals surface area (Å²) in [5.41, 5.74) is 0. The summed E-state index contributed by atoms with van der Waals surface area (Å²) >= 11 is 0. The quantitative estimate of drug-likeness (QED) is 0.302. The zero-order valence-electron chi connectivity index (χ0n) is 11.0. The summed E-state index contributed by atoms with van der Waals surface area (Å²) in [5.74, 6) is 0. The molecule has 0 N–H and O–H groups in total. The van der Waals surface area contributed by atoms with Crippen LogP contribution in [-0.2, 0) is 0 Å². The van der Waals surface area contributed by atoms with Crippen molar-refractivity contribution < 1.29 is 0 Å². The van der Waals surface area contributed by atoms with E-state index in [0.717, 1.165) is 0 Å². The molecule has 92 valence electrons. The summed E-state index contributed by atoms with van der Waals surface area (Å²) in [6.45, 7) is 4.58. The number of rotatable bonds is 12. The third-order valence-corrected chi connectivity index (χ3v) is 4.44. The fourth-order valence-electron chi connectivity index (χ4n) is 1.86. The summed E-state index contributed by atoms with van der Waals surface area (Å²) in [5, 5.41) is 0. The Bertz CT molecular complexity index is 89.5. The van der Waals surface area contributed by atoms with Gasteiger partial charge in [-0.2, -0.15) is 0 Å². The predicted octanol–water partition coefficient (Wildman–Crippen LogP) is 5.61. The second-order valence-electron chi connectivity index (χ2n) is 4.58. The van der Waals surface area contributed by atoms with Gasteiger partial charge in [0.1, 0.15) is 0 Å². The second kappa shape index (κ2) is 14.4. The molecule has 0 rings (SSSR count). The Balaban J connectivity index is 2.81. The maximum Gasteiger partial charge on any atom is -0.0353 e. The molecule has 0 amide bonds. The number of unbranched alkanes of at least 4 members (excludes halogenated alkanes) is 8. The molecule has 0 saturated heterocycles. The average Bonchev–Trinajstić information content (AvgIpc) is 2.26. The highest BCUT2D eigenvalue weighted by molar-refractivity contribution is 7.37. The standard InChI is InChI=1S/C14H31P/c1-3-5-6-7-8-9-10-11-12-14-15-13-4-2/h15H,3-14H2,1-2H3. The monoisotopic (exact) mass is 230 g/mol. The van der Waals surface area contributed by atoms with E-state index >= 15 is 0 Å². The van der Waals surface area contributed by atoms with Crippen molar-refractivity contribution in [3.8, 4) is 0 Å². The SMILES string of the molecule is CCCCCCCCCCCPCCC. The van der Waals surface area contributed by atoms with Crippen molar-refractivity contribution in [2.24, 2.45) is 0 Å². The van der Waals surface area contributed by atoms with E-state index in [4.69, 9.17) is 0 Å². The maximum atomic E-state index is 2.29. The van der Waals surface area contributed by atoms with Crippen molar-refractivity contribution >= 4 is 8.58 Å². The van der Waals surface area contributed by atoms with Crippen LogP contribution in [0.15, 0.2) is 0 Å². The van der Waals surface area contributed by atoms with Gasteiger partial charge in [0.15, 0.2) is 0 Å². The first-order valence-electron chi connectivity index (χ1n) is 7.12. The molecule has 0 fully saturated rings. The van der Waals surface area contributed by atoms with Gasteiger partial charge in [-0.25, -0.2) is 0 Å². The second-order valence-corrected chi connectivity index (χ2v) is 6.08. The fourth-order valence-corrected chi connectivity index (χ4v) is 2.97. The molecule has 1 heteroatoms. The van der Waals surface area contributed by atoms with Crippen molar-refractivity contribution in [2.45, 2.75) is 78.1 Å². The normalized spacial score (nSPS) is 11.6. The highest BCUT2D eigenvalue weighted by atomic mass is 31.1. The molecular formula is C14H31P. The van der Waals surface area contributed by atoms with Crippen LogP contribution in [0.25, 0.3) is 0 Å². The van der Waals surface area contributed by atoms with Crippen LogP contribution in [0.2, 0.25) is 0 Å². The summed E-state index contributed by atoms with van der Waals surface area (Å²) in [7, 11) is 1.24. The summed E-state index contributed by atoms with van der Waals surface area (Å²) in [6.07, 6.45) is 17.6. The first-order chi connectivity index (χ1) is 7.41. The predicted molar refractivity (Wildman–Crippen MR) is 75.6 cm³/mol. The molecule has 0 aliphatic carbocycles. The Labute approximate surface area is 99.4 Å². The van der Waals surface area contributed by atoms with Crippen LogP contribution < -0.4 is 0 Å². The minimum Gasteiger partial charge on any atom is -0.122 e. The van der Waals surface area contributed by atoms with Gasteiger partial charge < -0.3 is 0 Å². The molecule has 0 aromatic carbocycles. The Morgan fingerprint density at radius 1 is 0.533 bits per heavy atom. The molecule has 1 unspecified atom stereocenters. The molecule has 1 atom stereocenters. The van der Waals surface area contributed by atoms with E-state index in [0.29, 0.717) is 0 Å². The molecular weight excluding hydrogens is 199 g/mol. The lowest BCUT2D eigenvalue weighted by Gasteiger charge is -2.02. The minimum atomic E-state index is 1.24. The summed E-state index contributed by atoms with van der Waals surface area (Å²) < 4.78 is 0. The van der Waals surface area contributed by atoms with Crippen molar-refractivity contribution in [3.63, 3.8) is 0 Å². The van der Waals surface area contributed by atoms with E-state index in [1.54, 1.807) is 0 Å². The molecule has 0 spiro atoms. The van der Waals surface area contributed by atoms with Gasteiger partial charge in [-0.3, -0.25) is 0 Å². The van der Waals surface area contributed by atoms with E-state index in [9.17, 15) is 0 Å². The summed E-state index contributed by atoms with van der Waals surface area (Å²) in [6, 6.07) is 0. The summed E-state index contributed by atoms with van der Waals surface area (Å²) in [4.78, 5) is 0. The van der Waals surface area contributed by atoms with Gasteiger partial charge in [0, 0.05) is 0 Å². The molecule has 15 heavy (non-hydrogen) atoms. The van der Waals surface area contributed by atoms with E-state index in [-0.39, 0.29) is 0 Å². The van der Waals surface area contributed by atoms with E-state index < -0.39 is 0 Å². The molecule has 0 aromatic rings. The van der Waals surface area contributed by atoms with Crippen molar-refractivity contribution in [1.29, 1.82) is 0 Å². The molecule has 0 aliphatic rings. The largest absolute Gasteiger partial charge is 0.122 e. The van der Waals surface area contributed by atoms with Crippen LogP contribution in [0.3, 0.4) is 0 Å². The Morgan fingerprint density at radius 3 is 1.60 bits per heavy atom. The Morgan fingerprint density at radius 2 is 1.07 bits per heavy atom. The minimum absolute atomic E-state index is 1.24. The number of hydrogen-bond donors (Lipinski definition) is 0. The van der Waals surface area contributed by atoms with Gasteiger partial charge in [0.25, 0.3) is 0 Å². The Kier molecular flexibility index (Phi) is 14.8. The molecule has 0 aliphatic heterocycles. The van der Waals surface area contributed by atoms with Crippen LogP contribution in [-0.4, -0.2) is 12.3 Å². The van der Waals surface area contributed by atoms with Gasteiger partial charge in [-0.05, 0) is 18.7 Å². The lowest BCUT2D eigenvalue weighted by atomic mass is 10.1. The topological polar surface area (TPSA) is 0 Å². The van der Waals surface area contributed by atoms with Crippen LogP contribution in [0.1, 0.15) is 78.1 Å². The van der Waals surface area contributed by atoms with Crippen LogP contribution in [0, 0.1) is 0 Å². The van der Waals surface area contributed by atoms with Gasteiger partial charge in [0.05, 0.1) is 0 Å². The smallest absolute Gasteiger partial charge is 0.0353 e. The van der Waals surface area contributed by atoms with Gasteiger partial charge in [-0.1, -0.05) is 71.6 Å². The lowest BCUT2D eigenvalue weighted by molar-refractivity contribution is 0.573. The van der Waals surface area contributed by atoms with E-state index in [2.05, 4.69) is 13.8 Å². The van der Waals surface area contributed by atoms with E-state index in [1.807, 2.05) is 0 Å². The number of hydrogen-bond acceptors (Lipinski definition) is 0. The lowest BCUT2D eigenvalue weighted by Crippen LogP contribution is -1.83. The highest BCUT2D eigenvalue weighted by Gasteiger charge is 1.92.